The Labute approximate surface area is 165 Å². The molecule has 1 aliphatic heterocycles. The summed E-state index contributed by atoms with van der Waals surface area (Å²) in [7, 11) is 0. The van der Waals surface area contributed by atoms with Crippen LogP contribution in [-0.2, 0) is 4.79 Å². The van der Waals surface area contributed by atoms with Crippen molar-refractivity contribution in [3.63, 3.8) is 0 Å². The molecule has 0 bridgehead atoms. The van der Waals surface area contributed by atoms with E-state index in [0.717, 1.165) is 5.56 Å². The van der Waals surface area contributed by atoms with Gasteiger partial charge in [-0.05, 0) is 43.5 Å². The molecule has 4 rings (SSSR count). The Balaban J connectivity index is 1.43. The number of alkyl halides is 2. The molecule has 1 saturated heterocycles. The number of carbonyl (C=O) groups is 1. The van der Waals surface area contributed by atoms with Crippen LogP contribution in [0, 0.1) is 26.7 Å². The van der Waals surface area contributed by atoms with Crippen LogP contribution >= 0.6 is 0 Å². The standard InChI is InChI=1S/C23H26F2N2O/c1-15-5-8-18(9-6-15)20-21(23(20,24)25)22(28)27-12-10-26(11-13-27)19-14-16(2)4-7-17(19)3/h4-9,14,20-21H,10-13H2,1-3H3/t20-,21-/m1/s1. The summed E-state index contributed by atoms with van der Waals surface area (Å²) in [5, 5.41) is 0. The molecule has 1 aliphatic carbocycles. The number of hydrogen-bond donors (Lipinski definition) is 0. The Hall–Kier alpha value is -2.43. The van der Waals surface area contributed by atoms with E-state index in [1.54, 1.807) is 17.0 Å². The van der Waals surface area contributed by atoms with Crippen LogP contribution in [0.4, 0.5) is 14.5 Å². The van der Waals surface area contributed by atoms with E-state index in [4.69, 9.17) is 0 Å². The van der Waals surface area contributed by atoms with Crippen molar-refractivity contribution >= 4 is 11.6 Å². The second-order valence-corrected chi connectivity index (χ2v) is 8.14. The largest absolute Gasteiger partial charge is 0.368 e. The predicted molar refractivity (Wildman–Crippen MR) is 107 cm³/mol. The maximum absolute atomic E-state index is 14.4. The highest BCUT2D eigenvalue weighted by atomic mass is 19.3. The molecule has 3 nitrogen and oxygen atoms in total. The zero-order valence-corrected chi connectivity index (χ0v) is 16.6. The molecule has 2 fully saturated rings. The summed E-state index contributed by atoms with van der Waals surface area (Å²) in [6.07, 6.45) is 0. The summed E-state index contributed by atoms with van der Waals surface area (Å²) in [5.74, 6) is -5.56. The summed E-state index contributed by atoms with van der Waals surface area (Å²) in [6, 6.07) is 13.4. The van der Waals surface area contributed by atoms with Crippen LogP contribution in [0.15, 0.2) is 42.5 Å². The third-order valence-electron chi connectivity index (χ3n) is 6.05. The van der Waals surface area contributed by atoms with Crippen molar-refractivity contribution in [3.8, 4) is 0 Å². The average Bonchev–Trinajstić information content (AvgIpc) is 3.26. The zero-order chi connectivity index (χ0) is 20.1. The maximum Gasteiger partial charge on any atom is 0.268 e. The van der Waals surface area contributed by atoms with Crippen LogP contribution < -0.4 is 4.90 Å². The van der Waals surface area contributed by atoms with E-state index >= 15 is 0 Å². The van der Waals surface area contributed by atoms with E-state index in [1.165, 1.54) is 16.8 Å². The number of halogens is 2. The number of piperazine rings is 1. The summed E-state index contributed by atoms with van der Waals surface area (Å²) in [4.78, 5) is 16.7. The van der Waals surface area contributed by atoms with Gasteiger partial charge in [-0.1, -0.05) is 42.0 Å². The van der Waals surface area contributed by atoms with Crippen LogP contribution in [0.2, 0.25) is 0 Å². The summed E-state index contributed by atoms with van der Waals surface area (Å²) in [6.45, 7) is 8.37. The first kappa shape index (κ1) is 18.9. The highest BCUT2D eigenvalue weighted by molar-refractivity contribution is 5.85. The van der Waals surface area contributed by atoms with Crippen LogP contribution in [0.5, 0.6) is 0 Å². The Bertz CT molecular complexity index is 886. The lowest BCUT2D eigenvalue weighted by atomic mass is 10.1. The van der Waals surface area contributed by atoms with Gasteiger partial charge in [0, 0.05) is 31.9 Å². The van der Waals surface area contributed by atoms with Crippen molar-refractivity contribution in [2.24, 2.45) is 5.92 Å². The first-order valence-electron chi connectivity index (χ1n) is 9.84. The van der Waals surface area contributed by atoms with Crippen LogP contribution in [0.25, 0.3) is 0 Å². The lowest BCUT2D eigenvalue weighted by Crippen LogP contribution is -2.49. The highest BCUT2D eigenvalue weighted by Gasteiger charge is 2.72. The van der Waals surface area contributed by atoms with Crippen LogP contribution in [0.3, 0.4) is 0 Å². The summed E-state index contributed by atoms with van der Waals surface area (Å²) >= 11 is 0. The van der Waals surface area contributed by atoms with Gasteiger partial charge >= 0.3 is 0 Å². The van der Waals surface area contributed by atoms with Crippen molar-refractivity contribution in [1.82, 2.24) is 4.90 Å². The van der Waals surface area contributed by atoms with E-state index in [2.05, 4.69) is 36.9 Å². The number of hydrogen-bond acceptors (Lipinski definition) is 2. The molecule has 0 N–H and O–H groups in total. The Morgan fingerprint density at radius 1 is 0.929 bits per heavy atom. The van der Waals surface area contributed by atoms with Gasteiger partial charge in [0.25, 0.3) is 5.92 Å². The number of anilines is 1. The van der Waals surface area contributed by atoms with E-state index in [9.17, 15) is 13.6 Å². The maximum atomic E-state index is 14.4. The third-order valence-corrected chi connectivity index (χ3v) is 6.05. The van der Waals surface area contributed by atoms with Gasteiger partial charge in [-0.3, -0.25) is 4.79 Å². The van der Waals surface area contributed by atoms with Gasteiger partial charge in [0.15, 0.2) is 0 Å². The second kappa shape index (κ2) is 6.87. The molecule has 0 spiro atoms. The molecule has 5 heteroatoms. The molecule has 2 atom stereocenters. The van der Waals surface area contributed by atoms with Crippen LogP contribution in [-0.4, -0.2) is 42.9 Å². The molecular formula is C23H26F2N2O. The third kappa shape index (κ3) is 3.27. The smallest absolute Gasteiger partial charge is 0.268 e. The Morgan fingerprint density at radius 2 is 1.54 bits per heavy atom. The number of carbonyl (C=O) groups excluding carboxylic acids is 1. The van der Waals surface area contributed by atoms with Crippen molar-refractivity contribution < 1.29 is 13.6 Å². The van der Waals surface area contributed by atoms with Gasteiger partial charge in [-0.25, -0.2) is 8.78 Å². The van der Waals surface area contributed by atoms with E-state index in [1.807, 2.05) is 19.1 Å². The van der Waals surface area contributed by atoms with Gasteiger partial charge in [0.1, 0.15) is 5.92 Å². The summed E-state index contributed by atoms with van der Waals surface area (Å²) < 4.78 is 28.9. The SMILES string of the molecule is Cc1ccc([C@@H]2[C@H](C(=O)N3CCN(c4cc(C)ccc4C)CC3)C2(F)F)cc1. The first-order chi connectivity index (χ1) is 13.3. The molecule has 148 valence electrons. The minimum absolute atomic E-state index is 0.406. The fourth-order valence-electron chi connectivity index (χ4n) is 4.25. The monoisotopic (exact) mass is 384 g/mol. The van der Waals surface area contributed by atoms with E-state index < -0.39 is 23.7 Å². The van der Waals surface area contributed by atoms with Gasteiger partial charge < -0.3 is 9.80 Å². The fraction of sp³-hybridized carbons (Fsp3) is 0.435. The molecular weight excluding hydrogens is 358 g/mol. The van der Waals surface area contributed by atoms with E-state index in [0.29, 0.717) is 31.7 Å². The molecule has 2 aromatic carbocycles. The van der Waals surface area contributed by atoms with Crippen molar-refractivity contribution in [2.45, 2.75) is 32.6 Å². The van der Waals surface area contributed by atoms with Gasteiger partial charge in [-0.2, -0.15) is 0 Å². The molecule has 1 saturated carbocycles. The molecule has 2 aliphatic rings. The first-order valence-corrected chi connectivity index (χ1v) is 9.84. The van der Waals surface area contributed by atoms with Crippen molar-refractivity contribution in [1.29, 1.82) is 0 Å². The molecule has 1 amide bonds. The predicted octanol–water partition coefficient (Wildman–Crippen LogP) is 4.31. The average molecular weight is 384 g/mol. The number of rotatable bonds is 3. The molecule has 0 aromatic heterocycles. The number of nitrogens with zero attached hydrogens (tertiary/aromatic N) is 2. The second-order valence-electron chi connectivity index (χ2n) is 8.14. The van der Waals surface area contributed by atoms with Gasteiger partial charge in [0.2, 0.25) is 5.91 Å². The van der Waals surface area contributed by atoms with Crippen LogP contribution in [0.1, 0.15) is 28.2 Å². The van der Waals surface area contributed by atoms with E-state index in [-0.39, 0.29) is 0 Å². The fourth-order valence-corrected chi connectivity index (χ4v) is 4.25. The van der Waals surface area contributed by atoms with Gasteiger partial charge in [-0.15, -0.1) is 0 Å². The number of amides is 1. The van der Waals surface area contributed by atoms with Crippen molar-refractivity contribution in [3.05, 3.63) is 64.7 Å². The molecule has 2 aromatic rings. The number of aryl methyl sites for hydroxylation is 3. The zero-order valence-electron chi connectivity index (χ0n) is 16.6. The highest BCUT2D eigenvalue weighted by Crippen LogP contribution is 2.62. The minimum Gasteiger partial charge on any atom is -0.368 e. The lowest BCUT2D eigenvalue weighted by molar-refractivity contribution is -0.135. The Kier molecular flexibility index (Phi) is 4.64. The quantitative estimate of drug-likeness (QED) is 0.787. The number of benzene rings is 2. The topological polar surface area (TPSA) is 23.6 Å². The van der Waals surface area contributed by atoms with Gasteiger partial charge in [0.05, 0.1) is 5.92 Å². The molecule has 1 heterocycles. The Morgan fingerprint density at radius 3 is 2.18 bits per heavy atom. The lowest BCUT2D eigenvalue weighted by Gasteiger charge is -2.37. The summed E-state index contributed by atoms with van der Waals surface area (Å²) in [5.41, 5.74) is 5.14. The van der Waals surface area contributed by atoms with Crippen molar-refractivity contribution in [2.75, 3.05) is 31.1 Å². The minimum atomic E-state index is -2.95. The molecule has 28 heavy (non-hydrogen) atoms. The molecule has 0 unspecified atom stereocenters. The molecule has 0 radical (unpaired) electrons. The normalized spacial score (nSPS) is 23.6.